The third-order valence-corrected chi connectivity index (χ3v) is 6.82. The number of rotatable bonds is 5. The molecule has 9 nitrogen and oxygen atoms in total. The molecule has 2 saturated heterocycles. The lowest BCUT2D eigenvalue weighted by Crippen LogP contribution is -2.42. The third-order valence-electron chi connectivity index (χ3n) is 6.82. The number of amides is 2. The van der Waals surface area contributed by atoms with Crippen molar-refractivity contribution >= 4 is 29.3 Å². The van der Waals surface area contributed by atoms with E-state index >= 15 is 0 Å². The lowest BCUT2D eigenvalue weighted by molar-refractivity contribution is -0.123. The van der Waals surface area contributed by atoms with Gasteiger partial charge >= 0.3 is 0 Å². The molecule has 2 aliphatic heterocycles. The zero-order valence-electron chi connectivity index (χ0n) is 18.3. The number of carbonyl (C=O) groups is 2. The maximum atomic E-state index is 13.0. The van der Waals surface area contributed by atoms with Gasteiger partial charge in [-0.3, -0.25) is 14.5 Å². The fraction of sp³-hybridized carbons (Fsp3) is 0.458. The summed E-state index contributed by atoms with van der Waals surface area (Å²) in [5.74, 6) is 0.713. The Kier molecular flexibility index (Phi) is 5.46. The maximum Gasteiger partial charge on any atom is 0.253 e. The van der Waals surface area contributed by atoms with Gasteiger partial charge < -0.3 is 15.3 Å². The molecule has 1 aliphatic carbocycles. The Bertz CT molecular complexity index is 1110. The molecule has 33 heavy (non-hydrogen) atoms. The largest absolute Gasteiger partial charge is 0.391 e. The molecule has 2 N–H and O–H groups in total. The number of nitriles is 1. The minimum absolute atomic E-state index is 0.0947. The molecular formula is C24H26N6O3. The predicted octanol–water partition coefficient (Wildman–Crippen LogP) is 2.47. The molecule has 170 valence electrons. The average Bonchev–Trinajstić information content (AvgIpc) is 3.63. The summed E-state index contributed by atoms with van der Waals surface area (Å²) in [6.07, 6.45) is 5.05. The van der Waals surface area contributed by atoms with Crippen LogP contribution in [0, 0.1) is 22.7 Å². The molecule has 9 heteroatoms. The zero-order chi connectivity index (χ0) is 23.0. The van der Waals surface area contributed by atoms with E-state index in [9.17, 15) is 20.0 Å². The molecule has 2 atom stereocenters. The second kappa shape index (κ2) is 8.45. The van der Waals surface area contributed by atoms with E-state index in [1.807, 2.05) is 0 Å². The molecule has 3 heterocycles. The number of carbonyl (C=O) groups excluding carboxylic acids is 2. The van der Waals surface area contributed by atoms with Crippen molar-refractivity contribution in [2.45, 2.75) is 38.2 Å². The number of benzene rings is 1. The molecule has 3 fully saturated rings. The van der Waals surface area contributed by atoms with Gasteiger partial charge in [-0.1, -0.05) is 0 Å². The Hall–Kier alpha value is -3.51. The van der Waals surface area contributed by atoms with Crippen LogP contribution in [-0.4, -0.2) is 57.5 Å². The SMILES string of the molecule is N#C[C@@]1(C2CC2)CCN(c2ccnc(Nc3ccc(C(=O)N4CCC[C@@H](O)C4)cc3)n2)C1=O. The smallest absolute Gasteiger partial charge is 0.253 e. The summed E-state index contributed by atoms with van der Waals surface area (Å²) >= 11 is 0. The minimum atomic E-state index is -0.911. The minimum Gasteiger partial charge on any atom is -0.391 e. The van der Waals surface area contributed by atoms with Crippen molar-refractivity contribution in [2.75, 3.05) is 29.9 Å². The van der Waals surface area contributed by atoms with Crippen LogP contribution in [0.4, 0.5) is 17.5 Å². The molecule has 1 saturated carbocycles. The monoisotopic (exact) mass is 446 g/mol. The van der Waals surface area contributed by atoms with Crippen molar-refractivity contribution in [2.24, 2.45) is 11.3 Å². The summed E-state index contributed by atoms with van der Waals surface area (Å²) < 4.78 is 0. The van der Waals surface area contributed by atoms with E-state index in [-0.39, 0.29) is 17.7 Å². The molecule has 3 aliphatic rings. The first-order valence-electron chi connectivity index (χ1n) is 11.4. The van der Waals surface area contributed by atoms with Gasteiger partial charge in [0.1, 0.15) is 11.2 Å². The number of piperidine rings is 1. The molecule has 2 amide bonds. The van der Waals surface area contributed by atoms with Gasteiger partial charge in [0.2, 0.25) is 11.9 Å². The predicted molar refractivity (Wildman–Crippen MR) is 121 cm³/mol. The number of hydrogen-bond acceptors (Lipinski definition) is 7. The number of aliphatic hydroxyl groups is 1. The van der Waals surface area contributed by atoms with E-state index in [2.05, 4.69) is 21.4 Å². The number of nitrogens with one attached hydrogen (secondary N) is 1. The topological polar surface area (TPSA) is 122 Å². The average molecular weight is 447 g/mol. The number of aliphatic hydroxyl groups excluding tert-OH is 1. The first-order valence-corrected chi connectivity index (χ1v) is 11.4. The van der Waals surface area contributed by atoms with Gasteiger partial charge in [0.25, 0.3) is 5.91 Å². The van der Waals surface area contributed by atoms with E-state index in [4.69, 9.17) is 0 Å². The van der Waals surface area contributed by atoms with Crippen LogP contribution in [0.5, 0.6) is 0 Å². The number of likely N-dealkylation sites (tertiary alicyclic amines) is 1. The summed E-state index contributed by atoms with van der Waals surface area (Å²) in [4.78, 5) is 37.7. The summed E-state index contributed by atoms with van der Waals surface area (Å²) in [6, 6.07) is 11.0. The van der Waals surface area contributed by atoms with E-state index in [0.717, 1.165) is 25.7 Å². The van der Waals surface area contributed by atoms with Crippen molar-refractivity contribution in [1.29, 1.82) is 5.26 Å². The van der Waals surface area contributed by atoms with Crippen LogP contribution in [0.25, 0.3) is 0 Å². The second-order valence-electron chi connectivity index (χ2n) is 9.05. The zero-order valence-corrected chi connectivity index (χ0v) is 18.3. The standard InChI is InChI=1S/C24H26N6O3/c25-15-24(17-5-6-17)10-13-30(22(24)33)20-9-11-26-23(28-20)27-18-7-3-16(4-8-18)21(32)29-12-1-2-19(31)14-29/h3-4,7-9,11,17,19,31H,1-2,5-6,10,12-14H2,(H,26,27,28)/t19-,24-/m1/s1. The lowest BCUT2D eigenvalue weighted by Gasteiger charge is -2.30. The van der Waals surface area contributed by atoms with E-state index < -0.39 is 11.5 Å². The maximum absolute atomic E-state index is 13.0. The number of anilines is 3. The summed E-state index contributed by atoms with van der Waals surface area (Å²) in [5, 5.41) is 22.6. The Morgan fingerprint density at radius 3 is 2.67 bits per heavy atom. The highest BCUT2D eigenvalue weighted by atomic mass is 16.3. The van der Waals surface area contributed by atoms with Gasteiger partial charge in [0, 0.05) is 37.1 Å². The molecule has 0 spiro atoms. The van der Waals surface area contributed by atoms with Crippen molar-refractivity contribution in [1.82, 2.24) is 14.9 Å². The summed E-state index contributed by atoms with van der Waals surface area (Å²) in [5.41, 5.74) is 0.352. The van der Waals surface area contributed by atoms with Crippen molar-refractivity contribution in [3.63, 3.8) is 0 Å². The van der Waals surface area contributed by atoms with Gasteiger partial charge in [-0.2, -0.15) is 10.2 Å². The molecule has 2 aromatic rings. The lowest BCUT2D eigenvalue weighted by atomic mass is 9.83. The fourth-order valence-electron chi connectivity index (χ4n) is 4.81. The molecular weight excluding hydrogens is 420 g/mol. The molecule has 1 aromatic carbocycles. The highest BCUT2D eigenvalue weighted by Gasteiger charge is 2.57. The molecule has 5 rings (SSSR count). The number of nitrogens with zero attached hydrogens (tertiary/aromatic N) is 5. The van der Waals surface area contributed by atoms with Gasteiger partial charge in [-0.25, -0.2) is 4.98 Å². The van der Waals surface area contributed by atoms with Crippen LogP contribution in [0.15, 0.2) is 36.5 Å². The summed E-state index contributed by atoms with van der Waals surface area (Å²) in [7, 11) is 0. The molecule has 1 aromatic heterocycles. The highest BCUT2D eigenvalue weighted by Crippen LogP contribution is 2.51. The normalized spacial score (nSPS) is 25.1. The third kappa shape index (κ3) is 4.02. The van der Waals surface area contributed by atoms with Crippen molar-refractivity contribution < 1.29 is 14.7 Å². The summed E-state index contributed by atoms with van der Waals surface area (Å²) in [6.45, 7) is 1.49. The van der Waals surface area contributed by atoms with Crippen molar-refractivity contribution in [3.05, 3.63) is 42.1 Å². The first-order chi connectivity index (χ1) is 16.0. The van der Waals surface area contributed by atoms with E-state index in [1.54, 1.807) is 46.3 Å². The Labute approximate surface area is 192 Å². The highest BCUT2D eigenvalue weighted by molar-refractivity contribution is 6.01. The van der Waals surface area contributed by atoms with Crippen LogP contribution in [0.3, 0.4) is 0 Å². The Morgan fingerprint density at radius 2 is 1.97 bits per heavy atom. The van der Waals surface area contributed by atoms with Gasteiger partial charge in [0.15, 0.2) is 0 Å². The second-order valence-corrected chi connectivity index (χ2v) is 9.05. The Balaban J connectivity index is 1.27. The molecule has 0 radical (unpaired) electrons. The van der Waals surface area contributed by atoms with Crippen molar-refractivity contribution in [3.8, 4) is 6.07 Å². The van der Waals surface area contributed by atoms with Crippen LogP contribution in [0.1, 0.15) is 42.5 Å². The van der Waals surface area contributed by atoms with Crippen LogP contribution < -0.4 is 10.2 Å². The van der Waals surface area contributed by atoms with Crippen LogP contribution in [-0.2, 0) is 4.79 Å². The van der Waals surface area contributed by atoms with E-state index in [1.165, 1.54) is 0 Å². The van der Waals surface area contributed by atoms with E-state index in [0.29, 0.717) is 49.1 Å². The quantitative estimate of drug-likeness (QED) is 0.723. The van der Waals surface area contributed by atoms with Gasteiger partial charge in [-0.05, 0) is 68.4 Å². The number of aromatic nitrogens is 2. The van der Waals surface area contributed by atoms with Crippen LogP contribution >= 0.6 is 0 Å². The van der Waals surface area contributed by atoms with Gasteiger partial charge in [-0.15, -0.1) is 0 Å². The fourth-order valence-corrected chi connectivity index (χ4v) is 4.81. The Morgan fingerprint density at radius 1 is 1.18 bits per heavy atom. The number of hydrogen-bond donors (Lipinski definition) is 2. The molecule has 0 bridgehead atoms. The first kappa shape index (κ1) is 21.3. The van der Waals surface area contributed by atoms with Gasteiger partial charge in [0.05, 0.1) is 12.2 Å². The van der Waals surface area contributed by atoms with Crippen LogP contribution in [0.2, 0.25) is 0 Å². The number of β-amino-alcohol motifs (C(OH)–C–C–N with tert-alkyl or cyclic N) is 1. The molecule has 0 unspecified atom stereocenters.